The van der Waals surface area contributed by atoms with Crippen LogP contribution < -0.4 is 4.74 Å². The van der Waals surface area contributed by atoms with Crippen molar-refractivity contribution in [2.24, 2.45) is 0 Å². The summed E-state index contributed by atoms with van der Waals surface area (Å²) in [6, 6.07) is 11.9. The Morgan fingerprint density at radius 1 is 1.14 bits per heavy atom. The van der Waals surface area contributed by atoms with Crippen molar-refractivity contribution < 1.29 is 29.3 Å². The number of aliphatic carboxylic acids is 1. The molecule has 0 spiro atoms. The smallest absolute Gasteiger partial charge is 0.305 e. The van der Waals surface area contributed by atoms with Gasteiger partial charge in [0.25, 0.3) is 11.7 Å². The molecule has 8 heteroatoms. The molecule has 0 saturated carbocycles. The van der Waals surface area contributed by atoms with Crippen LogP contribution >= 0.6 is 11.6 Å². The molecule has 1 unspecified atom stereocenters. The van der Waals surface area contributed by atoms with Gasteiger partial charge >= 0.3 is 5.97 Å². The standard InChI is InChI=1S/C21H18ClNO6/c1-29-15-4-2-3-13(11-15)18-17(19(26)12-5-7-14(22)8-6-12)20(27)21(28)23(18)10-9-16(24)25/h2-8,11,18,26H,9-10H2,1H3,(H,24,25). The number of halogens is 1. The second-order valence-corrected chi connectivity index (χ2v) is 6.86. The zero-order chi connectivity index (χ0) is 21.1. The summed E-state index contributed by atoms with van der Waals surface area (Å²) in [6.07, 6.45) is -0.339. The fourth-order valence-corrected chi connectivity index (χ4v) is 3.37. The predicted octanol–water partition coefficient (Wildman–Crippen LogP) is 3.25. The highest BCUT2D eigenvalue weighted by Crippen LogP contribution is 2.40. The number of carbonyl (C=O) groups excluding carboxylic acids is 2. The van der Waals surface area contributed by atoms with E-state index in [4.69, 9.17) is 21.4 Å². The SMILES string of the molecule is COc1cccc(C2C(=C(O)c3ccc(Cl)cc3)C(=O)C(=O)N2CCC(=O)O)c1. The van der Waals surface area contributed by atoms with Crippen molar-refractivity contribution in [2.45, 2.75) is 12.5 Å². The van der Waals surface area contributed by atoms with E-state index in [9.17, 15) is 19.5 Å². The number of methoxy groups -OCH3 is 1. The van der Waals surface area contributed by atoms with Gasteiger partial charge in [-0.15, -0.1) is 0 Å². The van der Waals surface area contributed by atoms with Gasteiger partial charge in [0.2, 0.25) is 0 Å². The number of benzene rings is 2. The van der Waals surface area contributed by atoms with E-state index in [0.717, 1.165) is 4.90 Å². The molecule has 2 aromatic carbocycles. The second kappa shape index (κ2) is 8.36. The fraction of sp³-hybridized carbons (Fsp3) is 0.190. The highest BCUT2D eigenvalue weighted by Gasteiger charge is 2.46. The Kier molecular flexibility index (Phi) is 5.89. The molecule has 150 valence electrons. The van der Waals surface area contributed by atoms with Gasteiger partial charge in [-0.1, -0.05) is 23.7 Å². The minimum Gasteiger partial charge on any atom is -0.507 e. The van der Waals surface area contributed by atoms with E-state index in [0.29, 0.717) is 21.9 Å². The lowest BCUT2D eigenvalue weighted by Gasteiger charge is -2.25. The Morgan fingerprint density at radius 2 is 1.83 bits per heavy atom. The summed E-state index contributed by atoms with van der Waals surface area (Å²) >= 11 is 5.88. The molecule has 0 radical (unpaired) electrons. The number of ether oxygens (including phenoxy) is 1. The second-order valence-electron chi connectivity index (χ2n) is 6.42. The van der Waals surface area contributed by atoms with Crippen LogP contribution in [-0.2, 0) is 14.4 Å². The maximum atomic E-state index is 12.8. The molecule has 0 aromatic heterocycles. The predicted molar refractivity (Wildman–Crippen MR) is 106 cm³/mol. The molecule has 1 saturated heterocycles. The molecule has 7 nitrogen and oxygen atoms in total. The number of rotatable bonds is 6. The summed E-state index contributed by atoms with van der Waals surface area (Å²) in [4.78, 5) is 37.6. The summed E-state index contributed by atoms with van der Waals surface area (Å²) in [5, 5.41) is 20.3. The summed E-state index contributed by atoms with van der Waals surface area (Å²) in [5.74, 6) is -2.71. The average molecular weight is 416 g/mol. The number of Topliss-reactive ketones (excluding diaryl/α,β-unsaturated/α-hetero) is 1. The molecular weight excluding hydrogens is 398 g/mol. The summed E-state index contributed by atoms with van der Waals surface area (Å²) < 4.78 is 5.22. The number of amides is 1. The molecule has 1 aliphatic rings. The zero-order valence-corrected chi connectivity index (χ0v) is 16.2. The van der Waals surface area contributed by atoms with Gasteiger partial charge in [-0.05, 0) is 42.0 Å². The van der Waals surface area contributed by atoms with E-state index in [2.05, 4.69) is 0 Å². The monoisotopic (exact) mass is 415 g/mol. The van der Waals surface area contributed by atoms with Crippen molar-refractivity contribution in [3.05, 3.63) is 70.3 Å². The van der Waals surface area contributed by atoms with Gasteiger partial charge in [0.05, 0.1) is 25.1 Å². The number of aliphatic hydroxyl groups is 1. The lowest BCUT2D eigenvalue weighted by Crippen LogP contribution is -2.31. The van der Waals surface area contributed by atoms with E-state index in [-0.39, 0.29) is 24.3 Å². The number of hydrogen-bond donors (Lipinski definition) is 2. The molecule has 29 heavy (non-hydrogen) atoms. The molecule has 2 N–H and O–H groups in total. The van der Waals surface area contributed by atoms with Crippen LogP contribution in [0.4, 0.5) is 0 Å². The first kappa shape index (κ1) is 20.4. The Labute approximate surface area is 171 Å². The summed E-state index contributed by atoms with van der Waals surface area (Å²) in [5.41, 5.74) is 0.721. The van der Waals surface area contributed by atoms with E-state index >= 15 is 0 Å². The van der Waals surface area contributed by atoms with Gasteiger partial charge < -0.3 is 19.8 Å². The molecule has 1 fully saturated rings. The summed E-state index contributed by atoms with van der Waals surface area (Å²) in [6.45, 7) is -0.181. The zero-order valence-electron chi connectivity index (χ0n) is 15.5. The number of ketones is 1. The molecule has 1 heterocycles. The third-order valence-corrected chi connectivity index (χ3v) is 4.89. The first-order valence-corrected chi connectivity index (χ1v) is 9.11. The van der Waals surface area contributed by atoms with Crippen LogP contribution in [0.15, 0.2) is 54.1 Å². The van der Waals surface area contributed by atoms with E-state index in [1.807, 2.05) is 0 Å². The molecule has 1 aliphatic heterocycles. The van der Waals surface area contributed by atoms with Crippen LogP contribution in [0, 0.1) is 0 Å². The van der Waals surface area contributed by atoms with Crippen LogP contribution in [0.25, 0.3) is 5.76 Å². The number of nitrogens with zero attached hydrogens (tertiary/aromatic N) is 1. The molecule has 1 amide bonds. The van der Waals surface area contributed by atoms with Crippen molar-refractivity contribution in [2.75, 3.05) is 13.7 Å². The van der Waals surface area contributed by atoms with Crippen LogP contribution in [0.1, 0.15) is 23.6 Å². The summed E-state index contributed by atoms with van der Waals surface area (Å²) in [7, 11) is 1.48. The van der Waals surface area contributed by atoms with Crippen LogP contribution in [0.2, 0.25) is 5.02 Å². The molecule has 2 aromatic rings. The van der Waals surface area contributed by atoms with Crippen molar-refractivity contribution in [3.8, 4) is 5.75 Å². The maximum Gasteiger partial charge on any atom is 0.305 e. The van der Waals surface area contributed by atoms with Crippen LogP contribution in [0.5, 0.6) is 5.75 Å². The molecular formula is C21H18ClNO6. The highest BCUT2D eigenvalue weighted by atomic mass is 35.5. The van der Waals surface area contributed by atoms with Gasteiger partial charge in [-0.3, -0.25) is 14.4 Å². The van der Waals surface area contributed by atoms with Crippen molar-refractivity contribution >= 4 is 35.0 Å². The number of likely N-dealkylation sites (tertiary alicyclic amines) is 1. The van der Waals surface area contributed by atoms with E-state index in [1.165, 1.54) is 19.2 Å². The third-order valence-electron chi connectivity index (χ3n) is 4.63. The van der Waals surface area contributed by atoms with Crippen LogP contribution in [0.3, 0.4) is 0 Å². The first-order chi connectivity index (χ1) is 13.8. The normalized spacial score (nSPS) is 18.1. The van der Waals surface area contributed by atoms with E-state index < -0.39 is 23.7 Å². The van der Waals surface area contributed by atoms with Gasteiger partial charge in [-0.2, -0.15) is 0 Å². The highest BCUT2D eigenvalue weighted by molar-refractivity contribution is 6.46. The average Bonchev–Trinajstić information content (AvgIpc) is 2.97. The fourth-order valence-electron chi connectivity index (χ4n) is 3.25. The number of carboxylic acids is 1. The number of hydrogen-bond acceptors (Lipinski definition) is 5. The van der Waals surface area contributed by atoms with Gasteiger partial charge in [0.15, 0.2) is 0 Å². The quantitative estimate of drug-likeness (QED) is 0.426. The molecule has 3 rings (SSSR count). The lowest BCUT2D eigenvalue weighted by molar-refractivity contribution is -0.142. The van der Waals surface area contributed by atoms with Crippen LogP contribution in [-0.4, -0.2) is 46.4 Å². The number of aliphatic hydroxyl groups excluding tert-OH is 1. The number of carbonyl (C=O) groups is 3. The van der Waals surface area contributed by atoms with E-state index in [1.54, 1.807) is 36.4 Å². The van der Waals surface area contributed by atoms with Gasteiger partial charge in [0.1, 0.15) is 11.5 Å². The molecule has 1 atom stereocenters. The van der Waals surface area contributed by atoms with Gasteiger partial charge in [-0.25, -0.2) is 0 Å². The van der Waals surface area contributed by atoms with Crippen molar-refractivity contribution in [1.29, 1.82) is 0 Å². The topological polar surface area (TPSA) is 104 Å². The van der Waals surface area contributed by atoms with Crippen molar-refractivity contribution in [1.82, 2.24) is 4.90 Å². The van der Waals surface area contributed by atoms with Gasteiger partial charge in [0, 0.05) is 17.1 Å². The Balaban J connectivity index is 2.16. The van der Waals surface area contributed by atoms with Crippen molar-refractivity contribution in [3.63, 3.8) is 0 Å². The Morgan fingerprint density at radius 3 is 2.45 bits per heavy atom. The molecule has 0 aliphatic carbocycles. The third kappa shape index (κ3) is 4.09. The minimum atomic E-state index is -1.10. The lowest BCUT2D eigenvalue weighted by atomic mass is 9.95. The minimum absolute atomic E-state index is 0.115. The molecule has 0 bridgehead atoms. The Hall–Kier alpha value is -3.32. The first-order valence-electron chi connectivity index (χ1n) is 8.73. The number of carboxylic acid groups (broad SMARTS) is 1. The Bertz CT molecular complexity index is 998. The maximum absolute atomic E-state index is 12.8. The largest absolute Gasteiger partial charge is 0.507 e.